The van der Waals surface area contributed by atoms with Gasteiger partial charge in [0.05, 0.1) is 10.9 Å². The minimum Gasteiger partial charge on any atom is -0.358 e. The van der Waals surface area contributed by atoms with Gasteiger partial charge in [0.25, 0.3) is 0 Å². The normalized spacial score (nSPS) is 12.6. The van der Waals surface area contributed by atoms with Crippen LogP contribution in [0.2, 0.25) is 0 Å². The topological polar surface area (TPSA) is 72.0 Å². The standard InChI is InChI=1S/C19H17F2N3O2S2/c1-27-18-9-8-17(23-24-18)22-19(13-6-7-15(20)16(21)11-13)12-4-3-5-14(10-12)28(2,25)26/h3-11,19H,1-2H3,(H,22,23). The molecule has 3 aromatic rings. The molecule has 1 atom stereocenters. The van der Waals surface area contributed by atoms with Crippen LogP contribution in [-0.2, 0) is 9.84 Å². The van der Waals surface area contributed by atoms with E-state index in [0.717, 1.165) is 23.4 Å². The summed E-state index contributed by atoms with van der Waals surface area (Å²) in [7, 11) is -3.43. The predicted octanol–water partition coefficient (Wildman–Crippen LogP) is 4.08. The molecule has 1 N–H and O–H groups in total. The molecule has 0 saturated heterocycles. The summed E-state index contributed by atoms with van der Waals surface area (Å²) in [6.45, 7) is 0. The van der Waals surface area contributed by atoms with Crippen molar-refractivity contribution in [2.45, 2.75) is 16.0 Å². The van der Waals surface area contributed by atoms with Crippen LogP contribution in [0.3, 0.4) is 0 Å². The predicted molar refractivity (Wildman–Crippen MR) is 105 cm³/mol. The Kier molecular flexibility index (Phi) is 5.95. The largest absolute Gasteiger partial charge is 0.358 e. The fourth-order valence-corrected chi connectivity index (χ4v) is 3.63. The van der Waals surface area contributed by atoms with Crippen molar-refractivity contribution in [3.8, 4) is 0 Å². The third kappa shape index (κ3) is 4.66. The first kappa shape index (κ1) is 20.2. The van der Waals surface area contributed by atoms with Gasteiger partial charge in [0.2, 0.25) is 0 Å². The van der Waals surface area contributed by atoms with Gasteiger partial charge in [-0.2, -0.15) is 0 Å². The zero-order chi connectivity index (χ0) is 20.3. The Morgan fingerprint density at radius 1 is 0.964 bits per heavy atom. The maximum absolute atomic E-state index is 13.8. The van der Waals surface area contributed by atoms with Gasteiger partial charge in [-0.05, 0) is 53.8 Å². The van der Waals surface area contributed by atoms with Crippen molar-refractivity contribution in [1.29, 1.82) is 0 Å². The molecule has 0 aliphatic rings. The number of hydrogen-bond donors (Lipinski definition) is 1. The Balaban J connectivity index is 2.06. The molecular formula is C19H17F2N3O2S2. The van der Waals surface area contributed by atoms with Crippen LogP contribution in [0.1, 0.15) is 17.2 Å². The first-order valence-corrected chi connectivity index (χ1v) is 11.3. The van der Waals surface area contributed by atoms with Crippen LogP contribution in [0.4, 0.5) is 14.6 Å². The van der Waals surface area contributed by atoms with Gasteiger partial charge in [-0.1, -0.05) is 18.2 Å². The number of hydrogen-bond acceptors (Lipinski definition) is 6. The third-order valence-electron chi connectivity index (χ3n) is 4.04. The van der Waals surface area contributed by atoms with Gasteiger partial charge < -0.3 is 5.32 Å². The lowest BCUT2D eigenvalue weighted by Crippen LogP contribution is -2.15. The highest BCUT2D eigenvalue weighted by molar-refractivity contribution is 7.98. The molecule has 0 amide bonds. The van der Waals surface area contributed by atoms with E-state index in [1.54, 1.807) is 24.3 Å². The molecule has 146 valence electrons. The summed E-state index contributed by atoms with van der Waals surface area (Å²) >= 11 is 1.44. The minimum absolute atomic E-state index is 0.128. The lowest BCUT2D eigenvalue weighted by Gasteiger charge is -2.21. The number of nitrogens with zero attached hydrogens (tertiary/aromatic N) is 2. The van der Waals surface area contributed by atoms with Crippen LogP contribution in [-0.4, -0.2) is 31.1 Å². The molecule has 9 heteroatoms. The van der Waals surface area contributed by atoms with E-state index in [9.17, 15) is 17.2 Å². The number of nitrogens with one attached hydrogen (secondary N) is 1. The van der Waals surface area contributed by atoms with Gasteiger partial charge in [-0.15, -0.1) is 22.0 Å². The highest BCUT2D eigenvalue weighted by Gasteiger charge is 2.19. The molecule has 1 unspecified atom stereocenters. The smallest absolute Gasteiger partial charge is 0.175 e. The Morgan fingerprint density at radius 3 is 2.32 bits per heavy atom. The highest BCUT2D eigenvalue weighted by Crippen LogP contribution is 2.29. The fraction of sp³-hybridized carbons (Fsp3) is 0.158. The average molecular weight is 421 g/mol. The highest BCUT2D eigenvalue weighted by atomic mass is 32.2. The molecular weight excluding hydrogens is 404 g/mol. The Labute approximate surface area is 166 Å². The number of halogens is 2. The van der Waals surface area contributed by atoms with E-state index in [2.05, 4.69) is 15.5 Å². The molecule has 0 saturated carbocycles. The van der Waals surface area contributed by atoms with Gasteiger partial charge in [0, 0.05) is 6.26 Å². The molecule has 0 radical (unpaired) electrons. The summed E-state index contributed by atoms with van der Waals surface area (Å²) in [6, 6.07) is 12.7. The molecule has 0 aliphatic carbocycles. The molecule has 28 heavy (non-hydrogen) atoms. The maximum atomic E-state index is 13.8. The van der Waals surface area contributed by atoms with Crippen molar-refractivity contribution < 1.29 is 17.2 Å². The second-order valence-electron chi connectivity index (χ2n) is 6.06. The van der Waals surface area contributed by atoms with Gasteiger partial charge in [-0.25, -0.2) is 17.2 Å². The van der Waals surface area contributed by atoms with Gasteiger partial charge in [0.1, 0.15) is 10.8 Å². The van der Waals surface area contributed by atoms with Crippen LogP contribution in [0.5, 0.6) is 0 Å². The third-order valence-corrected chi connectivity index (χ3v) is 5.78. The number of benzene rings is 2. The molecule has 3 rings (SSSR count). The molecule has 0 fully saturated rings. The van der Waals surface area contributed by atoms with Gasteiger partial charge >= 0.3 is 0 Å². The SMILES string of the molecule is CSc1ccc(NC(c2cccc(S(C)(=O)=O)c2)c2ccc(F)c(F)c2)nn1. The minimum atomic E-state index is -3.43. The van der Waals surface area contributed by atoms with E-state index in [1.807, 2.05) is 6.26 Å². The molecule has 0 aliphatic heterocycles. The zero-order valence-corrected chi connectivity index (χ0v) is 16.7. The summed E-state index contributed by atoms with van der Waals surface area (Å²) in [5, 5.41) is 12.0. The monoisotopic (exact) mass is 421 g/mol. The van der Waals surface area contributed by atoms with E-state index in [-0.39, 0.29) is 4.90 Å². The lowest BCUT2D eigenvalue weighted by atomic mass is 9.98. The van der Waals surface area contributed by atoms with Crippen molar-refractivity contribution >= 4 is 27.4 Å². The van der Waals surface area contributed by atoms with Crippen molar-refractivity contribution in [3.63, 3.8) is 0 Å². The summed E-state index contributed by atoms with van der Waals surface area (Å²) < 4.78 is 51.1. The van der Waals surface area contributed by atoms with E-state index >= 15 is 0 Å². The van der Waals surface area contributed by atoms with Gasteiger partial charge in [-0.3, -0.25) is 0 Å². The summed E-state index contributed by atoms with van der Waals surface area (Å²) in [4.78, 5) is 0.128. The Hall–Kier alpha value is -2.52. The van der Waals surface area contributed by atoms with Crippen LogP contribution in [0, 0.1) is 11.6 Å². The van der Waals surface area contributed by atoms with Crippen LogP contribution in [0.25, 0.3) is 0 Å². The Bertz CT molecular complexity index is 1090. The molecule has 1 heterocycles. The van der Waals surface area contributed by atoms with Crippen molar-refractivity contribution in [2.24, 2.45) is 0 Å². The zero-order valence-electron chi connectivity index (χ0n) is 15.1. The first-order chi connectivity index (χ1) is 13.3. The van der Waals surface area contributed by atoms with Crippen molar-refractivity contribution in [1.82, 2.24) is 10.2 Å². The number of rotatable bonds is 6. The van der Waals surface area contributed by atoms with Crippen molar-refractivity contribution in [3.05, 3.63) is 77.4 Å². The molecule has 5 nitrogen and oxygen atoms in total. The number of aromatic nitrogens is 2. The number of thioether (sulfide) groups is 1. The average Bonchev–Trinajstić information content (AvgIpc) is 2.68. The number of anilines is 1. The van der Waals surface area contributed by atoms with E-state index in [1.165, 1.54) is 30.0 Å². The quantitative estimate of drug-likeness (QED) is 0.605. The van der Waals surface area contributed by atoms with E-state index in [0.29, 0.717) is 16.9 Å². The van der Waals surface area contributed by atoms with E-state index in [4.69, 9.17) is 0 Å². The fourth-order valence-electron chi connectivity index (χ4n) is 2.63. The summed E-state index contributed by atoms with van der Waals surface area (Å²) in [5.41, 5.74) is 0.977. The molecule has 0 bridgehead atoms. The molecule has 0 spiro atoms. The van der Waals surface area contributed by atoms with Crippen LogP contribution < -0.4 is 5.32 Å². The molecule has 1 aromatic heterocycles. The molecule has 2 aromatic carbocycles. The van der Waals surface area contributed by atoms with Crippen LogP contribution in [0.15, 0.2) is 64.5 Å². The number of sulfone groups is 1. The summed E-state index contributed by atoms with van der Waals surface area (Å²) in [5.74, 6) is -1.54. The maximum Gasteiger partial charge on any atom is 0.175 e. The Morgan fingerprint density at radius 2 is 1.71 bits per heavy atom. The summed E-state index contributed by atoms with van der Waals surface area (Å²) in [6.07, 6.45) is 2.98. The second kappa shape index (κ2) is 8.24. The van der Waals surface area contributed by atoms with E-state index < -0.39 is 27.5 Å². The lowest BCUT2D eigenvalue weighted by molar-refractivity contribution is 0.506. The van der Waals surface area contributed by atoms with Crippen LogP contribution >= 0.6 is 11.8 Å². The van der Waals surface area contributed by atoms with Gasteiger partial charge in [0.15, 0.2) is 21.5 Å². The van der Waals surface area contributed by atoms with Crippen molar-refractivity contribution in [2.75, 3.05) is 17.8 Å². The first-order valence-electron chi connectivity index (χ1n) is 8.17. The second-order valence-corrected chi connectivity index (χ2v) is 8.90.